The average Bonchev–Trinajstić information content (AvgIpc) is 2.60. The van der Waals surface area contributed by atoms with E-state index in [-0.39, 0.29) is 11.2 Å². The number of carbonyl (C=O) groups is 1. The summed E-state index contributed by atoms with van der Waals surface area (Å²) in [6.45, 7) is 14.1. The number of aromatic nitrogens is 2. The third-order valence-corrected chi connectivity index (χ3v) is 6.50. The summed E-state index contributed by atoms with van der Waals surface area (Å²) in [7, 11) is 0. The van der Waals surface area contributed by atoms with Crippen LogP contribution in [0.5, 0.6) is 0 Å². The molecule has 0 radical (unpaired) electrons. The predicted octanol–water partition coefficient (Wildman–Crippen LogP) is 6.08. The maximum absolute atomic E-state index is 11.2. The highest BCUT2D eigenvalue weighted by molar-refractivity contribution is 5.95. The molecule has 3 heteroatoms. The van der Waals surface area contributed by atoms with E-state index < -0.39 is 0 Å². The van der Waals surface area contributed by atoms with E-state index in [1.807, 2.05) is 34.6 Å². The molecule has 4 aliphatic carbocycles. The van der Waals surface area contributed by atoms with Gasteiger partial charge in [0.15, 0.2) is 5.78 Å². The average molecular weight is 359 g/mol. The topological polar surface area (TPSA) is 42.9 Å². The molecule has 4 saturated carbocycles. The number of hydrogen-bond acceptors (Lipinski definition) is 3. The molecule has 4 aliphatic rings. The van der Waals surface area contributed by atoms with Crippen LogP contribution in [0.25, 0.3) is 0 Å². The molecule has 0 saturated heterocycles. The van der Waals surface area contributed by atoms with Gasteiger partial charge in [0, 0.05) is 11.6 Å². The highest BCUT2D eigenvalue weighted by Gasteiger charge is 2.46. The van der Waals surface area contributed by atoms with Gasteiger partial charge in [-0.3, -0.25) is 4.79 Å². The minimum absolute atomic E-state index is 0.0190. The minimum atomic E-state index is -0.107. The van der Waals surface area contributed by atoms with E-state index in [1.54, 1.807) is 38.3 Å². The Morgan fingerprint density at radius 2 is 1.50 bits per heavy atom. The van der Waals surface area contributed by atoms with Crippen molar-refractivity contribution in [3.05, 3.63) is 23.8 Å². The first-order valence-corrected chi connectivity index (χ1v) is 10.6. The summed E-state index contributed by atoms with van der Waals surface area (Å²) in [5.74, 6) is 5.72. The second-order valence-corrected chi connectivity index (χ2v) is 9.38. The first kappa shape index (κ1) is 21.1. The molecule has 3 nitrogen and oxygen atoms in total. The standard InChI is InChI=1S/C11H18.C10H14N2O.C2H6/c1-7-10-3-8-2-9(5-10)6-11(7)4-8;1-7(13)8-5-11-6-12-9(8)10(2,3)4;1-2/h7-11H,2-6H2,1H3;5-6H,1-4H3;1-2H3. The van der Waals surface area contributed by atoms with Crippen LogP contribution < -0.4 is 0 Å². The predicted molar refractivity (Wildman–Crippen MR) is 108 cm³/mol. The molecule has 0 atom stereocenters. The zero-order chi connectivity index (χ0) is 19.5. The third kappa shape index (κ3) is 4.72. The lowest BCUT2D eigenvalue weighted by molar-refractivity contribution is -0.0282. The van der Waals surface area contributed by atoms with Crippen LogP contribution in [-0.2, 0) is 5.41 Å². The highest BCUT2D eigenvalue weighted by atomic mass is 16.1. The summed E-state index contributed by atoms with van der Waals surface area (Å²) >= 11 is 0. The van der Waals surface area contributed by atoms with Crippen LogP contribution in [-0.4, -0.2) is 15.8 Å². The van der Waals surface area contributed by atoms with Crippen molar-refractivity contribution in [2.45, 2.75) is 86.0 Å². The van der Waals surface area contributed by atoms with Gasteiger partial charge in [-0.05, 0) is 68.6 Å². The number of ketones is 1. The molecule has 4 fully saturated rings. The van der Waals surface area contributed by atoms with Gasteiger partial charge in [-0.1, -0.05) is 41.5 Å². The van der Waals surface area contributed by atoms with Gasteiger partial charge in [0.05, 0.1) is 11.3 Å². The Labute approximate surface area is 160 Å². The summed E-state index contributed by atoms with van der Waals surface area (Å²) in [6.07, 6.45) is 11.0. The summed E-state index contributed by atoms with van der Waals surface area (Å²) in [6, 6.07) is 0. The van der Waals surface area contributed by atoms with E-state index in [0.717, 1.165) is 35.3 Å². The Morgan fingerprint density at radius 1 is 1.00 bits per heavy atom. The molecule has 5 rings (SSSR count). The van der Waals surface area contributed by atoms with Gasteiger partial charge >= 0.3 is 0 Å². The molecule has 1 aromatic rings. The zero-order valence-corrected chi connectivity index (χ0v) is 17.9. The number of rotatable bonds is 1. The van der Waals surface area contributed by atoms with Crippen molar-refractivity contribution in [3.63, 3.8) is 0 Å². The molecule has 0 spiro atoms. The first-order chi connectivity index (χ1) is 12.3. The maximum Gasteiger partial charge on any atom is 0.163 e. The Balaban J connectivity index is 0.000000172. The van der Waals surface area contributed by atoms with E-state index in [0.29, 0.717) is 5.56 Å². The summed E-state index contributed by atoms with van der Waals surface area (Å²) in [4.78, 5) is 19.2. The van der Waals surface area contributed by atoms with E-state index >= 15 is 0 Å². The lowest BCUT2D eigenvalue weighted by Gasteiger charge is -2.53. The molecule has 0 amide bonds. The molecule has 1 heterocycles. The van der Waals surface area contributed by atoms with Crippen LogP contribution >= 0.6 is 0 Å². The summed E-state index contributed by atoms with van der Waals surface area (Å²) < 4.78 is 0. The van der Waals surface area contributed by atoms with Crippen LogP contribution in [0.2, 0.25) is 0 Å². The fourth-order valence-electron chi connectivity index (χ4n) is 5.38. The maximum atomic E-state index is 11.2. The van der Waals surface area contributed by atoms with E-state index in [1.165, 1.54) is 13.3 Å². The molecular formula is C23H38N2O. The third-order valence-electron chi connectivity index (χ3n) is 6.50. The van der Waals surface area contributed by atoms with Crippen LogP contribution in [0, 0.1) is 29.6 Å². The van der Waals surface area contributed by atoms with Crippen molar-refractivity contribution in [1.82, 2.24) is 9.97 Å². The Kier molecular flexibility index (Phi) is 6.99. The van der Waals surface area contributed by atoms with Crippen molar-refractivity contribution < 1.29 is 4.79 Å². The van der Waals surface area contributed by atoms with Crippen LogP contribution in [0.1, 0.15) is 96.6 Å². The van der Waals surface area contributed by atoms with Gasteiger partial charge in [-0.2, -0.15) is 0 Å². The quantitative estimate of drug-likeness (QED) is 0.571. The number of nitrogens with zero attached hydrogens (tertiary/aromatic N) is 2. The fraction of sp³-hybridized carbons (Fsp3) is 0.783. The largest absolute Gasteiger partial charge is 0.294 e. The molecule has 0 N–H and O–H groups in total. The van der Waals surface area contributed by atoms with Crippen molar-refractivity contribution in [2.75, 3.05) is 0 Å². The molecular weight excluding hydrogens is 320 g/mol. The van der Waals surface area contributed by atoms with Crippen molar-refractivity contribution >= 4 is 5.78 Å². The normalized spacial score (nSPS) is 31.4. The van der Waals surface area contributed by atoms with E-state index in [4.69, 9.17) is 0 Å². The second-order valence-electron chi connectivity index (χ2n) is 9.38. The van der Waals surface area contributed by atoms with E-state index in [9.17, 15) is 4.79 Å². The minimum Gasteiger partial charge on any atom is -0.294 e. The van der Waals surface area contributed by atoms with Crippen molar-refractivity contribution in [3.8, 4) is 0 Å². The fourth-order valence-corrected chi connectivity index (χ4v) is 5.38. The second kappa shape index (κ2) is 8.63. The highest BCUT2D eigenvalue weighted by Crippen LogP contribution is 2.56. The Morgan fingerprint density at radius 3 is 1.88 bits per heavy atom. The van der Waals surface area contributed by atoms with Gasteiger partial charge in [-0.15, -0.1) is 0 Å². The number of Topliss-reactive ketones (excluding diaryl/α,β-unsaturated/α-hetero) is 1. The van der Waals surface area contributed by atoms with Crippen LogP contribution in [0.15, 0.2) is 12.5 Å². The zero-order valence-electron chi connectivity index (χ0n) is 17.9. The monoisotopic (exact) mass is 358 g/mol. The first-order valence-electron chi connectivity index (χ1n) is 10.6. The smallest absolute Gasteiger partial charge is 0.163 e. The lowest BCUT2D eigenvalue weighted by atomic mass is 9.52. The number of hydrogen-bond donors (Lipinski definition) is 0. The number of carbonyl (C=O) groups excluding carboxylic acids is 1. The molecule has 0 aliphatic heterocycles. The van der Waals surface area contributed by atoms with Crippen LogP contribution in [0.3, 0.4) is 0 Å². The lowest BCUT2D eigenvalue weighted by Crippen LogP contribution is -2.43. The molecule has 0 aromatic carbocycles. The van der Waals surface area contributed by atoms with Crippen LogP contribution in [0.4, 0.5) is 0 Å². The molecule has 4 bridgehead atoms. The molecule has 0 unspecified atom stereocenters. The van der Waals surface area contributed by atoms with Crippen molar-refractivity contribution in [2.24, 2.45) is 29.6 Å². The van der Waals surface area contributed by atoms with E-state index in [2.05, 4.69) is 16.9 Å². The van der Waals surface area contributed by atoms with Gasteiger partial charge < -0.3 is 0 Å². The van der Waals surface area contributed by atoms with Gasteiger partial charge in [0.25, 0.3) is 0 Å². The Hall–Kier alpha value is -1.25. The molecule has 146 valence electrons. The summed E-state index contributed by atoms with van der Waals surface area (Å²) in [5, 5.41) is 0. The Bertz CT molecular complexity index is 574. The summed E-state index contributed by atoms with van der Waals surface area (Å²) in [5.41, 5.74) is 1.33. The van der Waals surface area contributed by atoms with Gasteiger partial charge in [-0.25, -0.2) is 9.97 Å². The molecule has 26 heavy (non-hydrogen) atoms. The van der Waals surface area contributed by atoms with Gasteiger partial charge in [0.2, 0.25) is 0 Å². The SMILES string of the molecule is CC.CC(=O)c1cncnc1C(C)(C)C.CC1C2CC3CC(C2)CC1C3. The van der Waals surface area contributed by atoms with Gasteiger partial charge in [0.1, 0.15) is 6.33 Å². The van der Waals surface area contributed by atoms with Crippen molar-refractivity contribution in [1.29, 1.82) is 0 Å². The molecule has 1 aromatic heterocycles.